The molecule has 15 heavy (non-hydrogen) atoms. The van der Waals surface area contributed by atoms with Crippen LogP contribution in [-0.4, -0.2) is 28.2 Å². The van der Waals surface area contributed by atoms with Crippen molar-refractivity contribution in [3.63, 3.8) is 0 Å². The van der Waals surface area contributed by atoms with Crippen molar-refractivity contribution in [3.05, 3.63) is 5.82 Å². The number of ether oxygens (including phenoxy) is 1. The van der Waals surface area contributed by atoms with Crippen LogP contribution in [0.4, 0.5) is 0 Å². The lowest BCUT2D eigenvalue weighted by Gasteiger charge is -1.97. The molecule has 0 spiro atoms. The van der Waals surface area contributed by atoms with Gasteiger partial charge < -0.3 is 4.74 Å². The molecule has 0 N–H and O–H groups in total. The SMILES string of the molecule is CCc1nsc(SCCCC(=O)OC)n1. The molecule has 0 saturated heterocycles. The van der Waals surface area contributed by atoms with E-state index in [9.17, 15) is 4.79 Å². The number of aryl methyl sites for hydroxylation is 1. The molecule has 6 heteroatoms. The molecule has 84 valence electrons. The first kappa shape index (κ1) is 12.4. The molecule has 0 unspecified atom stereocenters. The average molecular weight is 246 g/mol. The molecular weight excluding hydrogens is 232 g/mol. The number of nitrogens with zero attached hydrogens (tertiary/aromatic N) is 2. The fraction of sp³-hybridized carbons (Fsp3) is 0.667. The second-order valence-corrected chi connectivity index (χ2v) is 4.95. The third-order valence-corrected chi connectivity index (χ3v) is 3.70. The van der Waals surface area contributed by atoms with Crippen LogP contribution in [0.15, 0.2) is 4.34 Å². The number of carbonyl (C=O) groups excluding carboxylic acids is 1. The smallest absolute Gasteiger partial charge is 0.305 e. The molecule has 0 amide bonds. The molecule has 0 bridgehead atoms. The van der Waals surface area contributed by atoms with Crippen molar-refractivity contribution >= 4 is 29.3 Å². The highest BCUT2D eigenvalue weighted by molar-refractivity contribution is 8.00. The summed E-state index contributed by atoms with van der Waals surface area (Å²) in [6, 6.07) is 0. The average Bonchev–Trinajstić information content (AvgIpc) is 2.72. The van der Waals surface area contributed by atoms with Gasteiger partial charge in [0.05, 0.1) is 7.11 Å². The van der Waals surface area contributed by atoms with E-state index in [-0.39, 0.29) is 5.97 Å². The minimum atomic E-state index is -0.151. The van der Waals surface area contributed by atoms with Crippen molar-refractivity contribution in [3.8, 4) is 0 Å². The van der Waals surface area contributed by atoms with Crippen molar-refractivity contribution in [2.24, 2.45) is 0 Å². The number of rotatable bonds is 6. The Morgan fingerprint density at radius 2 is 2.40 bits per heavy atom. The number of aromatic nitrogens is 2. The summed E-state index contributed by atoms with van der Waals surface area (Å²) in [5, 5.41) is 0. The quantitative estimate of drug-likeness (QED) is 0.437. The number of hydrogen-bond acceptors (Lipinski definition) is 6. The van der Waals surface area contributed by atoms with Crippen LogP contribution in [0.1, 0.15) is 25.6 Å². The van der Waals surface area contributed by atoms with E-state index < -0.39 is 0 Å². The van der Waals surface area contributed by atoms with Crippen molar-refractivity contribution in [2.75, 3.05) is 12.9 Å². The van der Waals surface area contributed by atoms with Gasteiger partial charge in [-0.25, -0.2) is 4.98 Å². The zero-order valence-corrected chi connectivity index (χ0v) is 10.5. The van der Waals surface area contributed by atoms with E-state index in [0.29, 0.717) is 6.42 Å². The van der Waals surface area contributed by atoms with E-state index in [2.05, 4.69) is 14.1 Å². The molecule has 0 aliphatic rings. The Morgan fingerprint density at radius 1 is 1.60 bits per heavy atom. The maximum Gasteiger partial charge on any atom is 0.305 e. The normalized spacial score (nSPS) is 10.3. The Bertz CT molecular complexity index is 315. The van der Waals surface area contributed by atoms with Gasteiger partial charge in [-0.1, -0.05) is 18.7 Å². The zero-order chi connectivity index (χ0) is 11.1. The first-order chi connectivity index (χ1) is 7.26. The molecule has 0 radical (unpaired) electrons. The Labute approximate surface area is 97.6 Å². The van der Waals surface area contributed by atoms with Gasteiger partial charge in [0.25, 0.3) is 0 Å². The highest BCUT2D eigenvalue weighted by Gasteiger charge is 2.04. The van der Waals surface area contributed by atoms with Crippen LogP contribution < -0.4 is 0 Å². The molecular formula is C9H14N2O2S2. The lowest BCUT2D eigenvalue weighted by atomic mass is 10.3. The third kappa shape index (κ3) is 4.61. The number of thioether (sulfide) groups is 1. The molecule has 0 aliphatic carbocycles. The van der Waals surface area contributed by atoms with E-state index in [1.807, 2.05) is 6.92 Å². The van der Waals surface area contributed by atoms with E-state index >= 15 is 0 Å². The van der Waals surface area contributed by atoms with Gasteiger partial charge in [-0.05, 0) is 18.0 Å². The van der Waals surface area contributed by atoms with Crippen LogP contribution >= 0.6 is 23.3 Å². The second-order valence-electron chi connectivity index (χ2n) is 2.86. The molecule has 1 rings (SSSR count). The molecule has 0 atom stereocenters. The van der Waals surface area contributed by atoms with E-state index in [4.69, 9.17) is 0 Å². The fourth-order valence-electron chi connectivity index (χ4n) is 0.918. The number of carbonyl (C=O) groups is 1. The lowest BCUT2D eigenvalue weighted by Crippen LogP contribution is -1.99. The zero-order valence-electron chi connectivity index (χ0n) is 8.86. The standard InChI is InChI=1S/C9H14N2O2S2/c1-3-7-10-9(15-11-7)14-6-4-5-8(12)13-2/h3-6H2,1-2H3. The van der Waals surface area contributed by atoms with Gasteiger partial charge in [-0.2, -0.15) is 4.37 Å². The number of hydrogen-bond donors (Lipinski definition) is 0. The van der Waals surface area contributed by atoms with Crippen LogP contribution in [0.2, 0.25) is 0 Å². The summed E-state index contributed by atoms with van der Waals surface area (Å²) in [6.45, 7) is 2.04. The van der Waals surface area contributed by atoms with Crippen molar-refractivity contribution < 1.29 is 9.53 Å². The monoisotopic (exact) mass is 246 g/mol. The molecule has 0 aliphatic heterocycles. The minimum absolute atomic E-state index is 0.151. The van der Waals surface area contributed by atoms with Gasteiger partial charge in [0.15, 0.2) is 4.34 Å². The van der Waals surface area contributed by atoms with Crippen molar-refractivity contribution in [1.29, 1.82) is 0 Å². The van der Waals surface area contributed by atoms with Crippen LogP contribution in [0.25, 0.3) is 0 Å². The van der Waals surface area contributed by atoms with Gasteiger partial charge in [0.1, 0.15) is 5.82 Å². The van der Waals surface area contributed by atoms with Crippen LogP contribution in [0.3, 0.4) is 0 Å². The Balaban J connectivity index is 2.17. The summed E-state index contributed by atoms with van der Waals surface area (Å²) in [7, 11) is 1.41. The fourth-order valence-corrected chi connectivity index (χ4v) is 2.62. The topological polar surface area (TPSA) is 52.1 Å². The van der Waals surface area contributed by atoms with Gasteiger partial charge in [-0.3, -0.25) is 4.79 Å². The number of methoxy groups -OCH3 is 1. The molecule has 1 aromatic heterocycles. The predicted octanol–water partition coefficient (Wildman–Crippen LogP) is 2.15. The first-order valence-corrected chi connectivity index (χ1v) is 6.54. The summed E-state index contributed by atoms with van der Waals surface area (Å²) in [5.41, 5.74) is 0. The van der Waals surface area contributed by atoms with E-state index in [1.165, 1.54) is 18.6 Å². The molecule has 1 aromatic rings. The summed E-state index contributed by atoms with van der Waals surface area (Å²) in [6.07, 6.45) is 2.17. The van der Waals surface area contributed by atoms with Gasteiger partial charge in [-0.15, -0.1) is 0 Å². The van der Waals surface area contributed by atoms with Gasteiger partial charge in [0.2, 0.25) is 0 Å². The highest BCUT2D eigenvalue weighted by Crippen LogP contribution is 2.21. The first-order valence-electron chi connectivity index (χ1n) is 4.78. The molecule has 1 heterocycles. The Morgan fingerprint density at radius 3 is 3.00 bits per heavy atom. The van der Waals surface area contributed by atoms with Crippen molar-refractivity contribution in [2.45, 2.75) is 30.5 Å². The van der Waals surface area contributed by atoms with Crippen LogP contribution in [-0.2, 0) is 16.0 Å². The Kier molecular flexibility index (Phi) is 5.63. The summed E-state index contributed by atoms with van der Waals surface area (Å²) in [5.74, 6) is 1.63. The summed E-state index contributed by atoms with van der Waals surface area (Å²) in [4.78, 5) is 15.1. The summed E-state index contributed by atoms with van der Waals surface area (Å²) < 4.78 is 9.72. The largest absolute Gasteiger partial charge is 0.469 e. The molecule has 0 fully saturated rings. The summed E-state index contributed by atoms with van der Waals surface area (Å²) >= 11 is 3.07. The third-order valence-electron chi connectivity index (χ3n) is 1.74. The second kappa shape index (κ2) is 6.79. The van der Waals surface area contributed by atoms with E-state index in [0.717, 1.165) is 28.8 Å². The van der Waals surface area contributed by atoms with Gasteiger partial charge in [0, 0.05) is 18.6 Å². The Hall–Kier alpha value is -0.620. The lowest BCUT2D eigenvalue weighted by molar-refractivity contribution is -0.140. The predicted molar refractivity (Wildman–Crippen MR) is 61.3 cm³/mol. The molecule has 0 aromatic carbocycles. The number of esters is 1. The maximum atomic E-state index is 10.8. The molecule has 4 nitrogen and oxygen atoms in total. The van der Waals surface area contributed by atoms with Crippen LogP contribution in [0.5, 0.6) is 0 Å². The molecule has 0 saturated carbocycles. The minimum Gasteiger partial charge on any atom is -0.469 e. The van der Waals surface area contributed by atoms with Crippen molar-refractivity contribution in [1.82, 2.24) is 9.36 Å². The van der Waals surface area contributed by atoms with Crippen LogP contribution in [0, 0.1) is 0 Å². The maximum absolute atomic E-state index is 10.8. The highest BCUT2D eigenvalue weighted by atomic mass is 32.2. The van der Waals surface area contributed by atoms with E-state index in [1.54, 1.807) is 11.8 Å². The van der Waals surface area contributed by atoms with Gasteiger partial charge >= 0.3 is 5.97 Å².